The van der Waals surface area contributed by atoms with Crippen molar-refractivity contribution >= 4 is 5.97 Å². The zero-order valence-corrected chi connectivity index (χ0v) is 11.9. The summed E-state index contributed by atoms with van der Waals surface area (Å²) in [7, 11) is 0. The molecule has 1 aliphatic carbocycles. The molecule has 1 saturated carbocycles. The van der Waals surface area contributed by atoms with E-state index in [0.717, 1.165) is 25.9 Å². The maximum Gasteiger partial charge on any atom is 0.308 e. The molecule has 0 bridgehead atoms. The maximum absolute atomic E-state index is 11.6. The molecule has 3 heteroatoms. The number of rotatable bonds is 3. The van der Waals surface area contributed by atoms with Crippen LogP contribution < -0.4 is 0 Å². The highest BCUT2D eigenvalue weighted by atomic mass is 16.4. The van der Waals surface area contributed by atoms with Gasteiger partial charge < -0.3 is 5.11 Å². The van der Waals surface area contributed by atoms with E-state index >= 15 is 0 Å². The standard InChI is InChI=1S/C17H23NO2/c19-16(20)15-12-18(11-14-7-3-1-4-8-14)13-17(15)9-5-2-6-10-17/h1,3-4,7-8,15H,2,5-6,9-13H2,(H,19,20). The van der Waals surface area contributed by atoms with E-state index in [2.05, 4.69) is 29.2 Å². The van der Waals surface area contributed by atoms with Gasteiger partial charge in [-0.25, -0.2) is 0 Å². The molecule has 1 aromatic carbocycles. The van der Waals surface area contributed by atoms with Crippen LogP contribution in [0.1, 0.15) is 37.7 Å². The Labute approximate surface area is 120 Å². The van der Waals surface area contributed by atoms with Gasteiger partial charge in [-0.1, -0.05) is 49.6 Å². The molecule has 0 aromatic heterocycles. The lowest BCUT2D eigenvalue weighted by Crippen LogP contribution is -2.36. The quantitative estimate of drug-likeness (QED) is 0.919. The Hall–Kier alpha value is -1.35. The van der Waals surface area contributed by atoms with Gasteiger partial charge in [-0.15, -0.1) is 0 Å². The van der Waals surface area contributed by atoms with E-state index in [1.807, 2.05) is 6.07 Å². The lowest BCUT2D eigenvalue weighted by Gasteiger charge is -2.36. The van der Waals surface area contributed by atoms with Crippen molar-refractivity contribution in [2.75, 3.05) is 13.1 Å². The molecule has 0 radical (unpaired) electrons. The average Bonchev–Trinajstić information content (AvgIpc) is 2.79. The van der Waals surface area contributed by atoms with Crippen molar-refractivity contribution in [3.8, 4) is 0 Å². The zero-order valence-electron chi connectivity index (χ0n) is 11.9. The van der Waals surface area contributed by atoms with Gasteiger partial charge in [0.05, 0.1) is 5.92 Å². The number of hydrogen-bond acceptors (Lipinski definition) is 2. The summed E-state index contributed by atoms with van der Waals surface area (Å²) in [6.07, 6.45) is 5.85. The highest BCUT2D eigenvalue weighted by Gasteiger charge is 2.50. The van der Waals surface area contributed by atoms with Crippen LogP contribution in [0.25, 0.3) is 0 Å². The molecule has 1 heterocycles. The van der Waals surface area contributed by atoms with Crippen molar-refractivity contribution in [2.24, 2.45) is 11.3 Å². The van der Waals surface area contributed by atoms with Gasteiger partial charge in [-0.05, 0) is 23.8 Å². The normalized spacial score (nSPS) is 25.9. The van der Waals surface area contributed by atoms with Crippen molar-refractivity contribution in [1.29, 1.82) is 0 Å². The van der Waals surface area contributed by atoms with Crippen molar-refractivity contribution in [2.45, 2.75) is 38.6 Å². The van der Waals surface area contributed by atoms with Crippen LogP contribution in [0.5, 0.6) is 0 Å². The Morgan fingerprint density at radius 3 is 2.55 bits per heavy atom. The Bertz CT molecular complexity index is 465. The molecule has 1 atom stereocenters. The Morgan fingerprint density at radius 2 is 1.90 bits per heavy atom. The molecule has 1 N–H and O–H groups in total. The lowest BCUT2D eigenvalue weighted by molar-refractivity contribution is -0.145. The van der Waals surface area contributed by atoms with Crippen LogP contribution in [0, 0.1) is 11.3 Å². The number of hydrogen-bond donors (Lipinski definition) is 1. The fraction of sp³-hybridized carbons (Fsp3) is 0.588. The summed E-state index contributed by atoms with van der Waals surface area (Å²) in [5, 5.41) is 9.59. The van der Waals surface area contributed by atoms with Crippen LogP contribution >= 0.6 is 0 Å². The van der Waals surface area contributed by atoms with E-state index in [0.29, 0.717) is 6.54 Å². The molecule has 0 amide bonds. The summed E-state index contributed by atoms with van der Waals surface area (Å²) in [6.45, 7) is 2.55. The molecular formula is C17H23NO2. The fourth-order valence-electron chi connectivity index (χ4n) is 4.14. The molecule has 2 fully saturated rings. The molecule has 2 aliphatic rings. The van der Waals surface area contributed by atoms with E-state index < -0.39 is 5.97 Å². The predicted octanol–water partition coefficient (Wildman–Crippen LogP) is 3.15. The summed E-state index contributed by atoms with van der Waals surface area (Å²) in [6, 6.07) is 10.4. The summed E-state index contributed by atoms with van der Waals surface area (Å²) in [5.41, 5.74) is 1.32. The number of carboxylic acid groups (broad SMARTS) is 1. The second kappa shape index (κ2) is 5.57. The summed E-state index contributed by atoms with van der Waals surface area (Å²) in [4.78, 5) is 14.0. The monoisotopic (exact) mass is 273 g/mol. The van der Waals surface area contributed by atoms with E-state index in [9.17, 15) is 9.90 Å². The number of carbonyl (C=O) groups is 1. The highest BCUT2D eigenvalue weighted by molar-refractivity contribution is 5.72. The third-order valence-corrected chi connectivity index (χ3v) is 5.11. The minimum Gasteiger partial charge on any atom is -0.481 e. The molecule has 108 valence electrons. The minimum absolute atomic E-state index is 0.0405. The Kier molecular flexibility index (Phi) is 3.79. The van der Waals surface area contributed by atoms with Crippen molar-refractivity contribution in [3.63, 3.8) is 0 Å². The van der Waals surface area contributed by atoms with Gasteiger partial charge in [0.15, 0.2) is 0 Å². The number of carboxylic acids is 1. The van der Waals surface area contributed by atoms with Crippen LogP contribution in [0.4, 0.5) is 0 Å². The third-order valence-electron chi connectivity index (χ3n) is 5.11. The van der Waals surface area contributed by atoms with Crippen molar-refractivity contribution in [3.05, 3.63) is 35.9 Å². The van der Waals surface area contributed by atoms with Gasteiger partial charge in [0.1, 0.15) is 0 Å². The molecule has 1 spiro atoms. The van der Waals surface area contributed by atoms with Gasteiger partial charge in [0.25, 0.3) is 0 Å². The molecule has 3 nitrogen and oxygen atoms in total. The lowest BCUT2D eigenvalue weighted by atomic mass is 9.68. The van der Waals surface area contributed by atoms with Gasteiger partial charge in [-0.2, -0.15) is 0 Å². The van der Waals surface area contributed by atoms with Crippen LogP contribution in [0.15, 0.2) is 30.3 Å². The second-order valence-corrected chi connectivity index (χ2v) is 6.47. The van der Waals surface area contributed by atoms with Gasteiger partial charge in [0.2, 0.25) is 0 Å². The molecule has 1 saturated heterocycles. The number of benzene rings is 1. The first-order valence-electron chi connectivity index (χ1n) is 7.69. The smallest absolute Gasteiger partial charge is 0.308 e. The van der Waals surface area contributed by atoms with E-state index in [4.69, 9.17) is 0 Å². The molecule has 1 aromatic rings. The Morgan fingerprint density at radius 1 is 1.20 bits per heavy atom. The first kappa shape index (κ1) is 13.6. The van der Waals surface area contributed by atoms with E-state index in [1.54, 1.807) is 0 Å². The number of nitrogens with zero attached hydrogens (tertiary/aromatic N) is 1. The maximum atomic E-state index is 11.6. The number of aliphatic carboxylic acids is 1. The summed E-state index contributed by atoms with van der Waals surface area (Å²) in [5.74, 6) is -0.769. The molecule has 1 aliphatic heterocycles. The van der Waals surface area contributed by atoms with Crippen molar-refractivity contribution in [1.82, 2.24) is 4.90 Å². The minimum atomic E-state index is -0.595. The highest BCUT2D eigenvalue weighted by Crippen LogP contribution is 2.47. The molecule has 1 unspecified atom stereocenters. The van der Waals surface area contributed by atoms with Gasteiger partial charge in [0, 0.05) is 19.6 Å². The van der Waals surface area contributed by atoms with E-state index in [-0.39, 0.29) is 11.3 Å². The first-order valence-corrected chi connectivity index (χ1v) is 7.69. The van der Waals surface area contributed by atoms with Crippen molar-refractivity contribution < 1.29 is 9.90 Å². The predicted molar refractivity (Wildman–Crippen MR) is 78.4 cm³/mol. The summed E-state index contributed by atoms with van der Waals surface area (Å²) < 4.78 is 0. The zero-order chi connectivity index (χ0) is 14.0. The van der Waals surface area contributed by atoms with Crippen LogP contribution in [-0.4, -0.2) is 29.1 Å². The fourth-order valence-corrected chi connectivity index (χ4v) is 4.14. The topological polar surface area (TPSA) is 40.5 Å². The Balaban J connectivity index is 1.74. The van der Waals surface area contributed by atoms with Crippen LogP contribution in [0.3, 0.4) is 0 Å². The molecular weight excluding hydrogens is 250 g/mol. The average molecular weight is 273 g/mol. The van der Waals surface area contributed by atoms with Gasteiger partial charge in [-0.3, -0.25) is 9.69 Å². The van der Waals surface area contributed by atoms with Crippen LogP contribution in [0.2, 0.25) is 0 Å². The summed E-state index contributed by atoms with van der Waals surface area (Å²) >= 11 is 0. The SMILES string of the molecule is O=C(O)C1CN(Cc2ccccc2)CC12CCCCC2. The largest absolute Gasteiger partial charge is 0.481 e. The number of likely N-dealkylation sites (tertiary alicyclic amines) is 1. The second-order valence-electron chi connectivity index (χ2n) is 6.47. The van der Waals surface area contributed by atoms with Gasteiger partial charge >= 0.3 is 5.97 Å². The van der Waals surface area contributed by atoms with Crippen LogP contribution in [-0.2, 0) is 11.3 Å². The third kappa shape index (κ3) is 2.59. The first-order chi connectivity index (χ1) is 9.70. The molecule has 20 heavy (non-hydrogen) atoms. The molecule has 3 rings (SSSR count). The van der Waals surface area contributed by atoms with E-state index in [1.165, 1.54) is 24.8 Å².